The normalized spacial score (nSPS) is 23.9. The molecule has 1 fully saturated rings. The van der Waals surface area contributed by atoms with E-state index in [1.165, 1.54) is 37.7 Å². The van der Waals surface area contributed by atoms with Crippen molar-refractivity contribution in [3.8, 4) is 0 Å². The summed E-state index contributed by atoms with van der Waals surface area (Å²) in [6, 6.07) is 2.66. The maximum Gasteiger partial charge on any atom is 0.179 e. The first-order valence-corrected chi connectivity index (χ1v) is 7.66. The van der Waals surface area contributed by atoms with Crippen molar-refractivity contribution in [1.29, 1.82) is 0 Å². The van der Waals surface area contributed by atoms with Crippen LogP contribution in [0, 0.1) is 17.6 Å². The van der Waals surface area contributed by atoms with E-state index in [4.69, 9.17) is 12.2 Å². The lowest BCUT2D eigenvalue weighted by atomic mass is 9.84. The molecule has 0 bridgehead atoms. The summed E-state index contributed by atoms with van der Waals surface area (Å²) in [7, 11) is 0. The Morgan fingerprint density at radius 3 is 2.79 bits per heavy atom. The summed E-state index contributed by atoms with van der Waals surface area (Å²) in [6.07, 6.45) is 8.34. The molecule has 0 amide bonds. The van der Waals surface area contributed by atoms with Crippen LogP contribution in [0.2, 0.25) is 0 Å². The van der Waals surface area contributed by atoms with Gasteiger partial charge < -0.3 is 4.98 Å². The molecule has 2 aromatic heterocycles. The highest BCUT2D eigenvalue weighted by Gasteiger charge is 2.23. The number of rotatable bonds is 2. The van der Waals surface area contributed by atoms with Gasteiger partial charge in [0.15, 0.2) is 10.4 Å². The number of imidazole rings is 1. The average molecular weight is 275 g/mol. The molecule has 4 heteroatoms. The van der Waals surface area contributed by atoms with Crippen molar-refractivity contribution >= 4 is 23.4 Å². The maximum atomic E-state index is 5.50. The van der Waals surface area contributed by atoms with Gasteiger partial charge in [0.05, 0.1) is 5.52 Å². The monoisotopic (exact) mass is 275 g/mol. The van der Waals surface area contributed by atoms with Gasteiger partial charge in [0.1, 0.15) is 0 Å². The van der Waals surface area contributed by atoms with E-state index in [1.807, 2.05) is 6.20 Å². The number of pyridine rings is 1. The SMILES string of the molecule is CCC1CCC(n2c(=S)[nH]c3cc(C)cnc32)CC1. The zero-order valence-electron chi connectivity index (χ0n) is 11.6. The molecule has 0 aromatic carbocycles. The second-order valence-electron chi connectivity index (χ2n) is 5.77. The van der Waals surface area contributed by atoms with E-state index in [-0.39, 0.29) is 0 Å². The topological polar surface area (TPSA) is 33.6 Å². The summed E-state index contributed by atoms with van der Waals surface area (Å²) in [5, 5.41) is 0. The Hall–Kier alpha value is -1.16. The Balaban J connectivity index is 1.97. The Morgan fingerprint density at radius 2 is 2.11 bits per heavy atom. The Kier molecular flexibility index (Phi) is 3.44. The molecule has 19 heavy (non-hydrogen) atoms. The number of nitrogens with zero attached hydrogens (tertiary/aromatic N) is 2. The third kappa shape index (κ3) is 2.34. The summed E-state index contributed by atoms with van der Waals surface area (Å²) in [4.78, 5) is 7.89. The first kappa shape index (κ1) is 12.9. The van der Waals surface area contributed by atoms with Gasteiger partial charge in [0.25, 0.3) is 0 Å². The van der Waals surface area contributed by atoms with Crippen LogP contribution in [0.4, 0.5) is 0 Å². The predicted octanol–water partition coefficient (Wildman–Crippen LogP) is 4.54. The molecule has 0 radical (unpaired) electrons. The largest absolute Gasteiger partial charge is 0.329 e. The van der Waals surface area contributed by atoms with Crippen LogP contribution in [0.25, 0.3) is 11.2 Å². The molecule has 1 aliphatic carbocycles. The fourth-order valence-electron chi connectivity index (χ4n) is 3.27. The lowest BCUT2D eigenvalue weighted by Gasteiger charge is -2.28. The maximum absolute atomic E-state index is 5.50. The molecular formula is C15H21N3S. The van der Waals surface area contributed by atoms with Crippen LogP contribution >= 0.6 is 12.2 Å². The lowest BCUT2D eigenvalue weighted by Crippen LogP contribution is -2.18. The highest BCUT2D eigenvalue weighted by Crippen LogP contribution is 2.35. The van der Waals surface area contributed by atoms with Crippen LogP contribution in [-0.2, 0) is 0 Å². The quantitative estimate of drug-likeness (QED) is 0.816. The summed E-state index contributed by atoms with van der Waals surface area (Å²) in [6.45, 7) is 4.36. The van der Waals surface area contributed by atoms with Crippen molar-refractivity contribution in [3.63, 3.8) is 0 Å². The number of hydrogen-bond acceptors (Lipinski definition) is 2. The number of aromatic nitrogens is 3. The number of H-pyrrole nitrogens is 1. The summed E-state index contributed by atoms with van der Waals surface area (Å²) in [5.41, 5.74) is 3.27. The van der Waals surface area contributed by atoms with Gasteiger partial charge >= 0.3 is 0 Å². The molecular weight excluding hydrogens is 254 g/mol. The van der Waals surface area contributed by atoms with Gasteiger partial charge in [0.2, 0.25) is 0 Å². The summed E-state index contributed by atoms with van der Waals surface area (Å²) in [5.74, 6) is 0.908. The third-order valence-corrected chi connectivity index (χ3v) is 4.75. The average Bonchev–Trinajstić information content (AvgIpc) is 2.74. The van der Waals surface area contributed by atoms with Crippen molar-refractivity contribution in [2.45, 2.75) is 52.0 Å². The van der Waals surface area contributed by atoms with Gasteiger partial charge in [-0.05, 0) is 62.4 Å². The van der Waals surface area contributed by atoms with Crippen molar-refractivity contribution < 1.29 is 0 Å². The molecule has 1 aliphatic rings. The van der Waals surface area contributed by atoms with Gasteiger partial charge in [-0.3, -0.25) is 4.57 Å². The zero-order valence-corrected chi connectivity index (χ0v) is 12.5. The number of aromatic amines is 1. The van der Waals surface area contributed by atoms with Gasteiger partial charge in [-0.25, -0.2) is 4.98 Å². The molecule has 0 atom stereocenters. The fraction of sp³-hybridized carbons (Fsp3) is 0.600. The Bertz CT molecular complexity index is 632. The lowest BCUT2D eigenvalue weighted by molar-refractivity contribution is 0.271. The second kappa shape index (κ2) is 5.08. The number of hydrogen-bond donors (Lipinski definition) is 1. The second-order valence-corrected chi connectivity index (χ2v) is 6.15. The van der Waals surface area contributed by atoms with Crippen LogP contribution in [0.1, 0.15) is 50.6 Å². The minimum absolute atomic E-state index is 0.527. The minimum atomic E-state index is 0.527. The van der Waals surface area contributed by atoms with Crippen LogP contribution in [0.15, 0.2) is 12.3 Å². The summed E-state index contributed by atoms with van der Waals surface area (Å²) >= 11 is 5.50. The van der Waals surface area contributed by atoms with Crippen molar-refractivity contribution in [1.82, 2.24) is 14.5 Å². The highest BCUT2D eigenvalue weighted by molar-refractivity contribution is 7.71. The van der Waals surface area contributed by atoms with Crippen LogP contribution in [0.3, 0.4) is 0 Å². The molecule has 0 spiro atoms. The molecule has 3 nitrogen and oxygen atoms in total. The molecule has 2 aromatic rings. The van der Waals surface area contributed by atoms with Gasteiger partial charge in [-0.1, -0.05) is 13.3 Å². The molecule has 3 rings (SSSR count). The number of nitrogens with one attached hydrogen (secondary N) is 1. The van der Waals surface area contributed by atoms with Gasteiger partial charge in [-0.2, -0.15) is 0 Å². The van der Waals surface area contributed by atoms with Crippen molar-refractivity contribution in [3.05, 3.63) is 22.6 Å². The Morgan fingerprint density at radius 1 is 1.37 bits per heavy atom. The molecule has 1 saturated carbocycles. The molecule has 0 aliphatic heterocycles. The first-order valence-electron chi connectivity index (χ1n) is 7.26. The predicted molar refractivity (Wildman–Crippen MR) is 80.9 cm³/mol. The van der Waals surface area contributed by atoms with Gasteiger partial charge in [0, 0.05) is 12.2 Å². The molecule has 0 saturated heterocycles. The minimum Gasteiger partial charge on any atom is -0.329 e. The number of aryl methyl sites for hydroxylation is 1. The highest BCUT2D eigenvalue weighted by atomic mass is 32.1. The standard InChI is InChI=1S/C15H21N3S/c1-3-11-4-6-12(7-5-11)18-14-13(17-15(18)19)8-10(2)9-16-14/h8-9,11-12H,3-7H2,1-2H3,(H,17,19). The van der Waals surface area contributed by atoms with E-state index < -0.39 is 0 Å². The molecule has 102 valence electrons. The third-order valence-electron chi connectivity index (χ3n) is 4.45. The number of fused-ring (bicyclic) bond motifs is 1. The fourth-order valence-corrected chi connectivity index (χ4v) is 3.61. The smallest absolute Gasteiger partial charge is 0.179 e. The van der Waals surface area contributed by atoms with Crippen LogP contribution in [0.5, 0.6) is 0 Å². The van der Waals surface area contributed by atoms with E-state index in [0.29, 0.717) is 6.04 Å². The van der Waals surface area contributed by atoms with E-state index in [9.17, 15) is 0 Å². The Labute approximate surface area is 119 Å². The first-order chi connectivity index (χ1) is 9.19. The summed E-state index contributed by atoms with van der Waals surface area (Å²) < 4.78 is 3.07. The molecule has 2 heterocycles. The zero-order chi connectivity index (χ0) is 13.4. The van der Waals surface area contributed by atoms with E-state index in [2.05, 4.69) is 34.4 Å². The van der Waals surface area contributed by atoms with E-state index in [0.717, 1.165) is 21.9 Å². The van der Waals surface area contributed by atoms with Crippen LogP contribution < -0.4 is 0 Å². The molecule has 1 N–H and O–H groups in total. The van der Waals surface area contributed by atoms with E-state index in [1.54, 1.807) is 0 Å². The van der Waals surface area contributed by atoms with Crippen molar-refractivity contribution in [2.75, 3.05) is 0 Å². The van der Waals surface area contributed by atoms with Gasteiger partial charge in [-0.15, -0.1) is 0 Å². The van der Waals surface area contributed by atoms with E-state index >= 15 is 0 Å². The van der Waals surface area contributed by atoms with Crippen molar-refractivity contribution in [2.24, 2.45) is 5.92 Å². The van der Waals surface area contributed by atoms with Crippen LogP contribution in [-0.4, -0.2) is 14.5 Å². The molecule has 0 unspecified atom stereocenters.